The van der Waals surface area contributed by atoms with Crippen LogP contribution in [-0.4, -0.2) is 25.8 Å². The van der Waals surface area contributed by atoms with Crippen LogP contribution in [0.15, 0.2) is 21.7 Å². The lowest BCUT2D eigenvalue weighted by atomic mass is 10.2. The third kappa shape index (κ3) is 4.90. The first-order valence-corrected chi connectivity index (χ1v) is 6.67. The Labute approximate surface area is 121 Å². The van der Waals surface area contributed by atoms with Crippen LogP contribution in [0.4, 0.5) is 0 Å². The van der Waals surface area contributed by atoms with Gasteiger partial charge in [-0.2, -0.15) is 5.10 Å². The minimum absolute atomic E-state index is 0.217. The van der Waals surface area contributed by atoms with Crippen LogP contribution in [0.25, 0.3) is 0 Å². The summed E-state index contributed by atoms with van der Waals surface area (Å²) >= 11 is 3.44. The molecule has 1 rings (SSSR count). The molecule has 1 amide bonds. The second-order valence-corrected chi connectivity index (χ2v) is 4.66. The fraction of sp³-hybridized carbons (Fsp3) is 0.385. The summed E-state index contributed by atoms with van der Waals surface area (Å²) < 4.78 is 11.7. The first-order valence-electron chi connectivity index (χ1n) is 5.88. The van der Waals surface area contributed by atoms with Gasteiger partial charge >= 0.3 is 0 Å². The molecule has 0 saturated carbocycles. The summed E-state index contributed by atoms with van der Waals surface area (Å²) in [7, 11) is 1.58. The van der Waals surface area contributed by atoms with E-state index < -0.39 is 0 Å². The number of methoxy groups -OCH3 is 1. The Hall–Kier alpha value is -1.56. The normalized spacial score (nSPS) is 10.5. The highest BCUT2D eigenvalue weighted by atomic mass is 79.9. The van der Waals surface area contributed by atoms with Crippen molar-refractivity contribution in [3.63, 3.8) is 0 Å². The zero-order chi connectivity index (χ0) is 14.3. The molecule has 0 aliphatic carbocycles. The van der Waals surface area contributed by atoms with Crippen LogP contribution >= 0.6 is 15.9 Å². The van der Waals surface area contributed by atoms with Gasteiger partial charge in [0.05, 0.1) is 24.4 Å². The summed E-state index contributed by atoms with van der Waals surface area (Å²) in [5.74, 6) is 1.07. The zero-order valence-corrected chi connectivity index (χ0v) is 12.8. The van der Waals surface area contributed by atoms with Crippen LogP contribution < -0.4 is 14.9 Å². The highest BCUT2D eigenvalue weighted by molar-refractivity contribution is 9.10. The molecular weight excluding hydrogens is 312 g/mol. The number of nitrogens with one attached hydrogen (secondary N) is 1. The van der Waals surface area contributed by atoms with Crippen molar-refractivity contribution in [1.82, 2.24) is 5.43 Å². The van der Waals surface area contributed by atoms with Gasteiger partial charge in [0.15, 0.2) is 11.5 Å². The molecule has 0 heterocycles. The second-order valence-electron chi connectivity index (χ2n) is 3.81. The maximum Gasteiger partial charge on any atom is 0.236 e. The average Bonchev–Trinajstić information content (AvgIpc) is 2.36. The third-order valence-corrected chi connectivity index (χ3v) is 2.73. The van der Waals surface area contributed by atoms with Gasteiger partial charge in [-0.25, -0.2) is 5.43 Å². The molecule has 0 aromatic heterocycles. The summed E-state index contributed by atoms with van der Waals surface area (Å²) in [5.41, 5.74) is 3.14. The molecule has 0 aliphatic rings. The summed E-state index contributed by atoms with van der Waals surface area (Å²) in [6.45, 7) is 4.05. The minimum Gasteiger partial charge on any atom is -0.493 e. The number of carbonyl (C=O) groups is 1. The summed E-state index contributed by atoms with van der Waals surface area (Å²) in [5, 5.41) is 3.81. The van der Waals surface area contributed by atoms with Gasteiger partial charge in [-0.15, -0.1) is 0 Å². The number of rotatable bonds is 6. The van der Waals surface area contributed by atoms with E-state index in [0.717, 1.165) is 16.5 Å². The van der Waals surface area contributed by atoms with Crippen molar-refractivity contribution in [2.75, 3.05) is 13.7 Å². The van der Waals surface area contributed by atoms with Crippen molar-refractivity contribution >= 4 is 28.1 Å². The van der Waals surface area contributed by atoms with Crippen molar-refractivity contribution < 1.29 is 14.3 Å². The molecule has 1 aromatic carbocycles. The summed E-state index contributed by atoms with van der Waals surface area (Å²) in [4.78, 5) is 10.7. The van der Waals surface area contributed by atoms with Crippen LogP contribution in [0, 0.1) is 0 Å². The number of hydrazone groups is 1. The number of amides is 1. The molecule has 1 N–H and O–H groups in total. The molecular formula is C13H17BrN2O3. The predicted molar refractivity (Wildman–Crippen MR) is 77.9 cm³/mol. The Balaban J connectivity index is 2.95. The maximum atomic E-state index is 10.7. The Morgan fingerprint density at radius 2 is 2.26 bits per heavy atom. The maximum absolute atomic E-state index is 10.7. The molecule has 19 heavy (non-hydrogen) atoms. The van der Waals surface area contributed by atoms with E-state index in [1.807, 2.05) is 13.0 Å². The molecule has 1 aromatic rings. The van der Waals surface area contributed by atoms with E-state index >= 15 is 0 Å². The molecule has 0 spiro atoms. The van der Waals surface area contributed by atoms with Gasteiger partial charge < -0.3 is 9.47 Å². The van der Waals surface area contributed by atoms with Crippen LogP contribution in [0.1, 0.15) is 25.8 Å². The van der Waals surface area contributed by atoms with Gasteiger partial charge in [0, 0.05) is 6.92 Å². The van der Waals surface area contributed by atoms with Crippen molar-refractivity contribution in [2.45, 2.75) is 20.3 Å². The van der Waals surface area contributed by atoms with Crippen LogP contribution in [0.2, 0.25) is 0 Å². The topological polar surface area (TPSA) is 59.9 Å². The molecule has 0 aliphatic heterocycles. The van der Waals surface area contributed by atoms with Crippen molar-refractivity contribution in [3.05, 3.63) is 22.2 Å². The van der Waals surface area contributed by atoms with Gasteiger partial charge in [0.25, 0.3) is 0 Å². The van der Waals surface area contributed by atoms with Gasteiger partial charge in [-0.05, 0) is 40.0 Å². The fourth-order valence-corrected chi connectivity index (χ4v) is 1.93. The first-order chi connectivity index (χ1) is 9.08. The smallest absolute Gasteiger partial charge is 0.236 e. The lowest BCUT2D eigenvalue weighted by molar-refractivity contribution is -0.118. The third-order valence-electron chi connectivity index (χ3n) is 2.14. The molecule has 0 saturated heterocycles. The largest absolute Gasteiger partial charge is 0.493 e. The summed E-state index contributed by atoms with van der Waals surface area (Å²) in [6.07, 6.45) is 2.46. The molecule has 0 unspecified atom stereocenters. The number of hydrogen-bond donors (Lipinski definition) is 1. The number of nitrogens with zero attached hydrogens (tertiary/aromatic N) is 1. The van der Waals surface area contributed by atoms with E-state index in [9.17, 15) is 4.79 Å². The van der Waals surface area contributed by atoms with Crippen LogP contribution in [0.5, 0.6) is 11.5 Å². The highest BCUT2D eigenvalue weighted by Crippen LogP contribution is 2.36. The minimum atomic E-state index is -0.217. The van der Waals surface area contributed by atoms with E-state index in [1.165, 1.54) is 13.1 Å². The number of benzene rings is 1. The van der Waals surface area contributed by atoms with Crippen LogP contribution in [0.3, 0.4) is 0 Å². The Morgan fingerprint density at radius 1 is 1.53 bits per heavy atom. The van der Waals surface area contributed by atoms with Crippen LogP contribution in [-0.2, 0) is 4.79 Å². The molecule has 5 nitrogen and oxygen atoms in total. The Bertz CT molecular complexity index is 475. The van der Waals surface area contributed by atoms with E-state index in [4.69, 9.17) is 9.47 Å². The van der Waals surface area contributed by atoms with Gasteiger partial charge in [-0.1, -0.05) is 6.92 Å². The lowest BCUT2D eigenvalue weighted by Crippen LogP contribution is -2.12. The van der Waals surface area contributed by atoms with Crippen molar-refractivity contribution in [2.24, 2.45) is 5.10 Å². The van der Waals surface area contributed by atoms with E-state index in [0.29, 0.717) is 18.1 Å². The Kier molecular flexibility index (Phi) is 6.35. The monoisotopic (exact) mass is 328 g/mol. The van der Waals surface area contributed by atoms with Gasteiger partial charge in [0.1, 0.15) is 0 Å². The molecule has 0 radical (unpaired) electrons. The zero-order valence-electron chi connectivity index (χ0n) is 11.2. The summed E-state index contributed by atoms with van der Waals surface area (Å²) in [6, 6.07) is 3.64. The number of ether oxygens (including phenoxy) is 2. The van der Waals surface area contributed by atoms with Gasteiger partial charge in [0.2, 0.25) is 5.91 Å². The van der Waals surface area contributed by atoms with Crippen molar-refractivity contribution in [3.8, 4) is 11.5 Å². The average molecular weight is 329 g/mol. The van der Waals surface area contributed by atoms with Crippen molar-refractivity contribution in [1.29, 1.82) is 0 Å². The quantitative estimate of drug-likeness (QED) is 0.645. The predicted octanol–water partition coefficient (Wildman–Crippen LogP) is 2.72. The number of hydrogen-bond acceptors (Lipinski definition) is 4. The fourth-order valence-electron chi connectivity index (χ4n) is 1.36. The molecule has 0 fully saturated rings. The van der Waals surface area contributed by atoms with Gasteiger partial charge in [-0.3, -0.25) is 4.79 Å². The van der Waals surface area contributed by atoms with E-state index in [-0.39, 0.29) is 5.91 Å². The first kappa shape index (κ1) is 15.5. The molecule has 0 atom stereocenters. The molecule has 104 valence electrons. The molecule has 0 bridgehead atoms. The Morgan fingerprint density at radius 3 is 2.84 bits per heavy atom. The standard InChI is InChI=1S/C13H17BrN2O3/c1-4-5-19-13-11(14)6-10(7-12(13)18-3)8-15-16-9(2)17/h6-8H,4-5H2,1-3H3,(H,16,17)/b15-8-. The lowest BCUT2D eigenvalue weighted by Gasteiger charge is -2.12. The highest BCUT2D eigenvalue weighted by Gasteiger charge is 2.10. The number of carbonyl (C=O) groups excluding carboxylic acids is 1. The van der Waals surface area contributed by atoms with E-state index in [2.05, 4.69) is 26.5 Å². The SMILES string of the molecule is CCCOc1c(Br)cc(/C=N\NC(C)=O)cc1OC. The molecule has 6 heteroatoms. The second kappa shape index (κ2) is 7.78. The van der Waals surface area contributed by atoms with E-state index in [1.54, 1.807) is 13.2 Å². The number of halogens is 1.